The Morgan fingerprint density at radius 3 is 2.72 bits per heavy atom. The number of carboxylic acid groups (broad SMARTS) is 1. The molecule has 0 saturated heterocycles. The van der Waals surface area contributed by atoms with Crippen LogP contribution in [0.3, 0.4) is 0 Å². The van der Waals surface area contributed by atoms with Crippen molar-refractivity contribution >= 4 is 11.9 Å². The lowest BCUT2D eigenvalue weighted by Gasteiger charge is -2.27. The second-order valence-corrected chi connectivity index (χ2v) is 5.33. The third-order valence-corrected chi connectivity index (χ3v) is 3.89. The molecular formula is C13H24N2O3. The van der Waals surface area contributed by atoms with Crippen molar-refractivity contribution in [3.63, 3.8) is 0 Å². The van der Waals surface area contributed by atoms with Gasteiger partial charge >= 0.3 is 5.97 Å². The van der Waals surface area contributed by atoms with Crippen molar-refractivity contribution < 1.29 is 14.7 Å². The number of unbranched alkanes of at least 4 members (excludes halogenated alkanes) is 2. The highest BCUT2D eigenvalue weighted by molar-refractivity contribution is 5.80. The molecule has 0 aromatic rings. The first-order valence-electron chi connectivity index (χ1n) is 6.73. The lowest BCUT2D eigenvalue weighted by Crippen LogP contribution is -2.47. The van der Waals surface area contributed by atoms with E-state index in [2.05, 4.69) is 5.32 Å². The van der Waals surface area contributed by atoms with Gasteiger partial charge in [-0.1, -0.05) is 12.8 Å². The molecule has 104 valence electrons. The fraction of sp³-hybridized carbons (Fsp3) is 0.846. The van der Waals surface area contributed by atoms with Gasteiger partial charge in [0.15, 0.2) is 0 Å². The first-order chi connectivity index (χ1) is 8.50. The summed E-state index contributed by atoms with van der Waals surface area (Å²) < 4.78 is 0. The summed E-state index contributed by atoms with van der Waals surface area (Å²) >= 11 is 0. The molecule has 0 bridgehead atoms. The van der Waals surface area contributed by atoms with Crippen molar-refractivity contribution in [2.75, 3.05) is 6.54 Å². The van der Waals surface area contributed by atoms with Gasteiger partial charge in [-0.3, -0.25) is 9.59 Å². The summed E-state index contributed by atoms with van der Waals surface area (Å²) in [5, 5.41) is 12.1. The number of carbonyl (C=O) groups is 2. The smallest absolute Gasteiger partial charge is 0.311 e. The summed E-state index contributed by atoms with van der Waals surface area (Å²) in [5.41, 5.74) is 4.58. The SMILES string of the molecule is CC1(C(=O)O)CCCC1NC(=O)CCCCCN. The molecule has 1 aliphatic carbocycles. The molecule has 5 nitrogen and oxygen atoms in total. The zero-order valence-electron chi connectivity index (χ0n) is 11.1. The summed E-state index contributed by atoms with van der Waals surface area (Å²) in [7, 11) is 0. The predicted molar refractivity (Wildman–Crippen MR) is 69.0 cm³/mol. The molecule has 1 aliphatic rings. The van der Waals surface area contributed by atoms with Crippen molar-refractivity contribution in [1.29, 1.82) is 0 Å². The Balaban J connectivity index is 2.37. The summed E-state index contributed by atoms with van der Waals surface area (Å²) in [6.45, 7) is 2.38. The second kappa shape index (κ2) is 6.73. The summed E-state index contributed by atoms with van der Waals surface area (Å²) in [5.74, 6) is -0.847. The standard InChI is InChI=1S/C13H24N2O3/c1-13(12(17)18)8-5-6-10(13)15-11(16)7-3-2-4-9-14/h10H,2-9,14H2,1H3,(H,15,16)(H,17,18). The molecule has 2 unspecified atom stereocenters. The highest BCUT2D eigenvalue weighted by Crippen LogP contribution is 2.38. The molecule has 1 saturated carbocycles. The van der Waals surface area contributed by atoms with Gasteiger partial charge in [0.05, 0.1) is 5.41 Å². The number of nitrogens with one attached hydrogen (secondary N) is 1. The zero-order valence-corrected chi connectivity index (χ0v) is 11.1. The van der Waals surface area contributed by atoms with Crippen molar-refractivity contribution in [3.8, 4) is 0 Å². The minimum Gasteiger partial charge on any atom is -0.481 e. The molecule has 0 spiro atoms. The Morgan fingerprint density at radius 2 is 2.11 bits per heavy atom. The van der Waals surface area contributed by atoms with Gasteiger partial charge < -0.3 is 16.2 Å². The Bertz CT molecular complexity index is 307. The number of rotatable bonds is 7. The Labute approximate surface area is 108 Å². The van der Waals surface area contributed by atoms with E-state index in [1.807, 2.05) is 0 Å². The first kappa shape index (κ1) is 15.0. The number of carbonyl (C=O) groups excluding carboxylic acids is 1. The second-order valence-electron chi connectivity index (χ2n) is 5.33. The number of hydrogen-bond donors (Lipinski definition) is 3. The number of hydrogen-bond acceptors (Lipinski definition) is 3. The van der Waals surface area contributed by atoms with Gasteiger partial charge in [-0.15, -0.1) is 0 Å². The van der Waals surface area contributed by atoms with Gasteiger partial charge in [-0.05, 0) is 39.2 Å². The molecule has 0 aromatic carbocycles. The van der Waals surface area contributed by atoms with Crippen LogP contribution in [0, 0.1) is 5.41 Å². The molecule has 18 heavy (non-hydrogen) atoms. The van der Waals surface area contributed by atoms with Crippen LogP contribution in [0.5, 0.6) is 0 Å². The maximum atomic E-state index is 11.7. The molecule has 5 heteroatoms. The maximum Gasteiger partial charge on any atom is 0.311 e. The third kappa shape index (κ3) is 3.70. The molecule has 0 aromatic heterocycles. The quantitative estimate of drug-likeness (QED) is 0.598. The van der Waals surface area contributed by atoms with E-state index in [9.17, 15) is 14.7 Å². The van der Waals surface area contributed by atoms with Crippen LogP contribution in [0.1, 0.15) is 51.9 Å². The fourth-order valence-electron chi connectivity index (χ4n) is 2.53. The highest BCUT2D eigenvalue weighted by Gasteiger charge is 2.45. The lowest BCUT2D eigenvalue weighted by atomic mass is 9.85. The van der Waals surface area contributed by atoms with Crippen LogP contribution >= 0.6 is 0 Å². The van der Waals surface area contributed by atoms with Gasteiger partial charge in [0.2, 0.25) is 5.91 Å². The molecule has 4 N–H and O–H groups in total. The number of nitrogens with two attached hydrogens (primary N) is 1. The predicted octanol–water partition coefficient (Wildman–Crippen LogP) is 1.27. The van der Waals surface area contributed by atoms with Gasteiger partial charge in [0.1, 0.15) is 0 Å². The van der Waals surface area contributed by atoms with E-state index in [0.29, 0.717) is 19.4 Å². The molecule has 1 amide bonds. The summed E-state index contributed by atoms with van der Waals surface area (Å²) in [4.78, 5) is 23.0. The van der Waals surface area contributed by atoms with Gasteiger partial charge in [-0.25, -0.2) is 0 Å². The van der Waals surface area contributed by atoms with Crippen LogP contribution < -0.4 is 11.1 Å². The van der Waals surface area contributed by atoms with E-state index in [-0.39, 0.29) is 11.9 Å². The molecule has 0 heterocycles. The normalized spacial score (nSPS) is 27.1. The van der Waals surface area contributed by atoms with Crippen molar-refractivity contribution in [1.82, 2.24) is 5.32 Å². The summed E-state index contributed by atoms with van der Waals surface area (Å²) in [6, 6.07) is -0.225. The van der Waals surface area contributed by atoms with E-state index in [1.54, 1.807) is 6.92 Å². The molecular weight excluding hydrogens is 232 g/mol. The van der Waals surface area contributed by atoms with Crippen LogP contribution in [0.15, 0.2) is 0 Å². The Morgan fingerprint density at radius 1 is 1.39 bits per heavy atom. The molecule has 0 radical (unpaired) electrons. The van der Waals surface area contributed by atoms with E-state index < -0.39 is 11.4 Å². The molecule has 0 aliphatic heterocycles. The summed E-state index contributed by atoms with van der Waals surface area (Å²) in [6.07, 6.45) is 5.43. The minimum absolute atomic E-state index is 0.0357. The van der Waals surface area contributed by atoms with Crippen LogP contribution in [0.2, 0.25) is 0 Å². The van der Waals surface area contributed by atoms with E-state index >= 15 is 0 Å². The minimum atomic E-state index is -0.812. The largest absolute Gasteiger partial charge is 0.481 e. The first-order valence-corrected chi connectivity index (χ1v) is 6.73. The molecule has 1 rings (SSSR count). The average Bonchev–Trinajstić information content (AvgIpc) is 2.68. The van der Waals surface area contributed by atoms with Gasteiger partial charge in [-0.2, -0.15) is 0 Å². The number of carboxylic acids is 1. The van der Waals surface area contributed by atoms with Crippen LogP contribution in [-0.2, 0) is 9.59 Å². The van der Waals surface area contributed by atoms with Gasteiger partial charge in [0, 0.05) is 12.5 Å². The zero-order chi connectivity index (χ0) is 13.6. The number of amides is 1. The van der Waals surface area contributed by atoms with E-state index in [0.717, 1.165) is 32.1 Å². The van der Waals surface area contributed by atoms with Crippen LogP contribution in [0.25, 0.3) is 0 Å². The van der Waals surface area contributed by atoms with E-state index in [4.69, 9.17) is 5.73 Å². The topological polar surface area (TPSA) is 92.4 Å². The van der Waals surface area contributed by atoms with Crippen molar-refractivity contribution in [2.45, 2.75) is 57.9 Å². The number of aliphatic carboxylic acids is 1. The Hall–Kier alpha value is -1.10. The fourth-order valence-corrected chi connectivity index (χ4v) is 2.53. The monoisotopic (exact) mass is 256 g/mol. The van der Waals surface area contributed by atoms with Gasteiger partial charge in [0.25, 0.3) is 0 Å². The van der Waals surface area contributed by atoms with Crippen LogP contribution in [0.4, 0.5) is 0 Å². The third-order valence-electron chi connectivity index (χ3n) is 3.89. The van der Waals surface area contributed by atoms with Crippen molar-refractivity contribution in [2.24, 2.45) is 11.1 Å². The molecule has 2 atom stereocenters. The maximum absolute atomic E-state index is 11.7. The lowest BCUT2D eigenvalue weighted by molar-refractivity contribution is -0.149. The Kier molecular flexibility index (Phi) is 5.59. The van der Waals surface area contributed by atoms with Crippen LogP contribution in [-0.4, -0.2) is 29.6 Å². The average molecular weight is 256 g/mol. The highest BCUT2D eigenvalue weighted by atomic mass is 16.4. The van der Waals surface area contributed by atoms with E-state index in [1.165, 1.54) is 0 Å². The molecule has 1 fully saturated rings. The van der Waals surface area contributed by atoms with Crippen molar-refractivity contribution in [3.05, 3.63) is 0 Å².